The van der Waals surface area contributed by atoms with Gasteiger partial charge in [0.15, 0.2) is 0 Å². The second-order valence-corrected chi connectivity index (χ2v) is 10.1. The van der Waals surface area contributed by atoms with Gasteiger partial charge in [-0.15, -0.1) is 11.3 Å². The Hall–Kier alpha value is -2.29. The van der Waals surface area contributed by atoms with E-state index in [2.05, 4.69) is 9.71 Å². The molecule has 0 bridgehead atoms. The van der Waals surface area contributed by atoms with E-state index in [1.54, 1.807) is 18.2 Å². The Morgan fingerprint density at radius 1 is 1.07 bits per heavy atom. The maximum atomic E-state index is 12.8. The normalized spacial score (nSPS) is 15.4. The molecule has 0 spiro atoms. The van der Waals surface area contributed by atoms with Crippen LogP contribution in [0.1, 0.15) is 48.0 Å². The van der Waals surface area contributed by atoms with Crippen molar-refractivity contribution in [1.82, 2.24) is 9.71 Å². The van der Waals surface area contributed by atoms with Gasteiger partial charge < -0.3 is 4.74 Å². The van der Waals surface area contributed by atoms with Gasteiger partial charge in [0.25, 0.3) is 10.0 Å². The second kappa shape index (κ2) is 8.61. The van der Waals surface area contributed by atoms with Crippen LogP contribution in [0.25, 0.3) is 10.2 Å². The molecule has 0 amide bonds. The topological polar surface area (TPSA) is 85.4 Å². The fourth-order valence-electron chi connectivity index (χ4n) is 3.50. The largest absolute Gasteiger partial charge is 0.457 e. The summed E-state index contributed by atoms with van der Waals surface area (Å²) in [4.78, 5) is 16.9. The Morgan fingerprint density at radius 3 is 2.59 bits per heavy atom. The van der Waals surface area contributed by atoms with Crippen LogP contribution in [-0.2, 0) is 21.4 Å². The quantitative estimate of drug-likeness (QED) is 0.591. The Morgan fingerprint density at radius 2 is 1.83 bits per heavy atom. The zero-order valence-electron chi connectivity index (χ0n) is 15.8. The van der Waals surface area contributed by atoms with Crippen LogP contribution in [0, 0.1) is 0 Å². The lowest BCUT2D eigenvalue weighted by atomic mass is 9.96. The summed E-state index contributed by atoms with van der Waals surface area (Å²) < 4.78 is 34.4. The molecule has 1 saturated carbocycles. The molecule has 4 rings (SSSR count). The van der Waals surface area contributed by atoms with Crippen molar-refractivity contribution in [3.63, 3.8) is 0 Å². The highest BCUT2D eigenvalue weighted by Gasteiger charge is 2.26. The number of esters is 1. The van der Waals surface area contributed by atoms with E-state index < -0.39 is 16.0 Å². The van der Waals surface area contributed by atoms with Gasteiger partial charge in [-0.2, -0.15) is 0 Å². The fourth-order valence-corrected chi connectivity index (χ4v) is 6.06. The number of carbonyl (C=O) groups is 1. The molecule has 8 heteroatoms. The number of nitrogens with zero attached hydrogens (tertiary/aromatic N) is 1. The zero-order chi connectivity index (χ0) is 20.3. The SMILES string of the molecule is O=C(OCc1ccccc1)c1cccc2sc(S(=O)(=O)NC3CCCCC3)nc12. The molecular weight excluding hydrogens is 408 g/mol. The number of thiazole rings is 1. The number of carbonyl (C=O) groups excluding carboxylic acids is 1. The highest BCUT2D eigenvalue weighted by molar-refractivity contribution is 7.91. The van der Waals surface area contributed by atoms with Gasteiger partial charge in [-0.3, -0.25) is 0 Å². The van der Waals surface area contributed by atoms with Crippen molar-refractivity contribution >= 4 is 37.5 Å². The minimum atomic E-state index is -3.71. The summed E-state index contributed by atoms with van der Waals surface area (Å²) >= 11 is 1.07. The fraction of sp³-hybridized carbons (Fsp3) is 0.333. The minimum Gasteiger partial charge on any atom is -0.457 e. The van der Waals surface area contributed by atoms with Crippen molar-refractivity contribution in [3.8, 4) is 0 Å². The molecule has 3 aromatic rings. The molecule has 29 heavy (non-hydrogen) atoms. The van der Waals surface area contributed by atoms with Gasteiger partial charge in [0.05, 0.1) is 15.8 Å². The third kappa shape index (κ3) is 4.66. The molecule has 2 aromatic carbocycles. The van der Waals surface area contributed by atoms with Crippen LogP contribution in [0.2, 0.25) is 0 Å². The summed E-state index contributed by atoms with van der Waals surface area (Å²) in [6, 6.07) is 14.4. The number of fused-ring (bicyclic) bond motifs is 1. The van der Waals surface area contributed by atoms with E-state index in [0.717, 1.165) is 49.0 Å². The van der Waals surface area contributed by atoms with Crippen LogP contribution in [-0.4, -0.2) is 25.4 Å². The van der Waals surface area contributed by atoms with Crippen molar-refractivity contribution in [3.05, 3.63) is 59.7 Å². The minimum absolute atomic E-state index is 0.0126. The number of nitrogens with one attached hydrogen (secondary N) is 1. The molecule has 1 aliphatic carbocycles. The summed E-state index contributed by atoms with van der Waals surface area (Å²) in [7, 11) is -3.71. The van der Waals surface area contributed by atoms with E-state index in [1.165, 1.54) is 0 Å². The Labute approximate surface area is 174 Å². The van der Waals surface area contributed by atoms with E-state index in [1.807, 2.05) is 30.3 Å². The van der Waals surface area contributed by atoms with Gasteiger partial charge in [-0.05, 0) is 30.5 Å². The van der Waals surface area contributed by atoms with Crippen LogP contribution in [0.3, 0.4) is 0 Å². The molecule has 1 aliphatic rings. The van der Waals surface area contributed by atoms with Crippen LogP contribution in [0.15, 0.2) is 52.9 Å². The molecule has 6 nitrogen and oxygen atoms in total. The van der Waals surface area contributed by atoms with Gasteiger partial charge in [0.1, 0.15) is 6.61 Å². The van der Waals surface area contributed by atoms with E-state index in [4.69, 9.17) is 4.74 Å². The molecule has 1 heterocycles. The molecule has 1 fully saturated rings. The van der Waals surface area contributed by atoms with Crippen molar-refractivity contribution < 1.29 is 17.9 Å². The molecule has 0 radical (unpaired) electrons. The van der Waals surface area contributed by atoms with E-state index in [-0.39, 0.29) is 22.6 Å². The third-order valence-electron chi connectivity index (χ3n) is 4.99. The van der Waals surface area contributed by atoms with E-state index in [0.29, 0.717) is 10.2 Å². The molecule has 152 valence electrons. The number of hydrogen-bond donors (Lipinski definition) is 1. The van der Waals surface area contributed by atoms with Crippen molar-refractivity contribution in [2.45, 2.75) is 49.1 Å². The summed E-state index contributed by atoms with van der Waals surface area (Å²) in [6.07, 6.45) is 4.91. The summed E-state index contributed by atoms with van der Waals surface area (Å²) in [6.45, 7) is 0.147. The lowest BCUT2D eigenvalue weighted by Gasteiger charge is -2.21. The predicted octanol–water partition coefficient (Wildman–Crippen LogP) is 4.26. The van der Waals surface area contributed by atoms with Gasteiger partial charge in [-0.25, -0.2) is 22.9 Å². The Balaban J connectivity index is 1.55. The van der Waals surface area contributed by atoms with Crippen LogP contribution < -0.4 is 4.72 Å². The highest BCUT2D eigenvalue weighted by atomic mass is 32.2. The molecule has 1 N–H and O–H groups in total. The summed E-state index contributed by atoms with van der Waals surface area (Å²) in [5.74, 6) is -0.519. The van der Waals surface area contributed by atoms with Gasteiger partial charge >= 0.3 is 5.97 Å². The lowest BCUT2D eigenvalue weighted by molar-refractivity contribution is 0.0475. The first-order chi connectivity index (χ1) is 14.0. The second-order valence-electron chi connectivity index (χ2n) is 7.15. The number of rotatable bonds is 6. The first kappa shape index (κ1) is 20.0. The number of hydrogen-bond acceptors (Lipinski definition) is 6. The van der Waals surface area contributed by atoms with Gasteiger partial charge in [0.2, 0.25) is 4.34 Å². The van der Waals surface area contributed by atoms with Crippen LogP contribution >= 0.6 is 11.3 Å². The summed E-state index contributed by atoms with van der Waals surface area (Å²) in [5, 5.41) is 0. The lowest BCUT2D eigenvalue weighted by Crippen LogP contribution is -2.36. The third-order valence-corrected chi connectivity index (χ3v) is 7.91. The smallest absolute Gasteiger partial charge is 0.340 e. The molecular formula is C21H22N2O4S2. The number of ether oxygens (including phenoxy) is 1. The van der Waals surface area contributed by atoms with Gasteiger partial charge in [0, 0.05) is 6.04 Å². The molecule has 0 aliphatic heterocycles. The molecule has 0 saturated heterocycles. The van der Waals surface area contributed by atoms with Crippen molar-refractivity contribution in [2.24, 2.45) is 0 Å². The highest BCUT2D eigenvalue weighted by Crippen LogP contribution is 2.29. The monoisotopic (exact) mass is 430 g/mol. The van der Waals surface area contributed by atoms with Crippen LogP contribution in [0.4, 0.5) is 0 Å². The van der Waals surface area contributed by atoms with Crippen LogP contribution in [0.5, 0.6) is 0 Å². The average Bonchev–Trinajstić information content (AvgIpc) is 3.19. The van der Waals surface area contributed by atoms with E-state index >= 15 is 0 Å². The predicted molar refractivity (Wildman–Crippen MR) is 112 cm³/mol. The maximum Gasteiger partial charge on any atom is 0.340 e. The molecule has 0 unspecified atom stereocenters. The average molecular weight is 431 g/mol. The molecule has 0 atom stereocenters. The zero-order valence-corrected chi connectivity index (χ0v) is 17.5. The van der Waals surface area contributed by atoms with Gasteiger partial charge in [-0.1, -0.05) is 55.7 Å². The van der Waals surface area contributed by atoms with Crippen molar-refractivity contribution in [1.29, 1.82) is 0 Å². The first-order valence-corrected chi connectivity index (χ1v) is 12.0. The standard InChI is InChI=1S/C21H22N2O4S2/c24-20(27-14-15-8-3-1-4-9-15)17-12-7-13-18-19(17)22-21(28-18)29(25,26)23-16-10-5-2-6-11-16/h1,3-4,7-9,12-13,16,23H,2,5-6,10-11,14H2. The first-order valence-electron chi connectivity index (χ1n) is 9.66. The Bertz CT molecular complexity index is 1100. The Kier molecular flexibility index (Phi) is 5.94. The van der Waals surface area contributed by atoms with E-state index in [9.17, 15) is 13.2 Å². The molecule has 1 aromatic heterocycles. The summed E-state index contributed by atoms with van der Waals surface area (Å²) in [5.41, 5.74) is 1.51. The number of sulfonamides is 1. The number of para-hydroxylation sites is 1. The maximum absolute atomic E-state index is 12.8. The van der Waals surface area contributed by atoms with Crippen molar-refractivity contribution in [2.75, 3.05) is 0 Å². The number of benzene rings is 2. The number of aromatic nitrogens is 1.